The van der Waals surface area contributed by atoms with Gasteiger partial charge in [0.25, 0.3) is 0 Å². The van der Waals surface area contributed by atoms with Crippen molar-refractivity contribution in [3.8, 4) is 0 Å². The molecule has 2 amide bonds. The largest absolute Gasteiger partial charge is 1.00 e. The molecule has 13 rings (SSSR count). The summed E-state index contributed by atoms with van der Waals surface area (Å²) in [5.74, 6) is -0.928. The van der Waals surface area contributed by atoms with E-state index in [-0.39, 0.29) is 155 Å². The van der Waals surface area contributed by atoms with Gasteiger partial charge in [-0.05, 0) is 251 Å². The molecule has 5 fully saturated rings. The molecule has 0 saturated carbocycles. The normalized spacial score (nSPS) is 17.3. The average Bonchev–Trinajstić information content (AvgIpc) is 0.776. The Balaban J connectivity index is 0.000000383. The van der Waals surface area contributed by atoms with Gasteiger partial charge in [0.05, 0.1) is 16.8 Å². The minimum Gasteiger partial charge on any atom is -1.00 e. The van der Waals surface area contributed by atoms with E-state index in [4.69, 9.17) is 36.3 Å². The number of amides is 2. The second kappa shape index (κ2) is 65.5. The Bertz CT molecular complexity index is 5280. The Morgan fingerprint density at radius 3 is 1.09 bits per heavy atom. The van der Waals surface area contributed by atoms with Gasteiger partial charge in [0.15, 0.2) is 0 Å². The molecule has 3 unspecified atom stereocenters. The maximum atomic E-state index is 13.5. The average molecular weight is 2220 g/mol. The van der Waals surface area contributed by atoms with Crippen molar-refractivity contribution in [1.29, 1.82) is 0 Å². The van der Waals surface area contributed by atoms with Crippen molar-refractivity contribution in [3.63, 3.8) is 0 Å². The first-order chi connectivity index (χ1) is 68.9. The van der Waals surface area contributed by atoms with Gasteiger partial charge >= 0.3 is 105 Å². The van der Waals surface area contributed by atoms with E-state index >= 15 is 0 Å². The number of benzene rings is 8. The molecule has 32 heteroatoms. The first-order valence-electron chi connectivity index (χ1n) is 50.5. The third-order valence-electron chi connectivity index (χ3n) is 26.1. The van der Waals surface area contributed by atoms with Crippen molar-refractivity contribution in [1.82, 2.24) is 54.3 Å². The van der Waals surface area contributed by atoms with Crippen LogP contribution < -0.4 is 116 Å². The molecule has 5 heterocycles. The fourth-order valence-electron chi connectivity index (χ4n) is 17.5. The van der Waals surface area contributed by atoms with Gasteiger partial charge in [-0.1, -0.05) is 170 Å². The number of hydrogen-bond donors (Lipinski definition) is 5. The molecule has 24 nitrogen and oxygen atoms in total. The summed E-state index contributed by atoms with van der Waals surface area (Å²) in [6, 6.07) is 57.6. The molecular formula is C116H162ClF4IKN12NaO12. The Morgan fingerprint density at radius 1 is 0.446 bits per heavy atom. The van der Waals surface area contributed by atoms with Crippen LogP contribution in [0.5, 0.6) is 0 Å². The zero-order valence-electron chi connectivity index (χ0n) is 91.4. The van der Waals surface area contributed by atoms with Crippen molar-refractivity contribution in [2.24, 2.45) is 5.73 Å². The van der Waals surface area contributed by atoms with E-state index in [1.165, 1.54) is 95.0 Å². The van der Waals surface area contributed by atoms with Gasteiger partial charge in [-0.25, -0.2) is 36.7 Å². The van der Waals surface area contributed by atoms with E-state index in [9.17, 15) is 52.1 Å². The van der Waals surface area contributed by atoms with Crippen LogP contribution in [0.3, 0.4) is 0 Å². The summed E-state index contributed by atoms with van der Waals surface area (Å²) in [6.07, 6.45) is 7.34. The van der Waals surface area contributed by atoms with Gasteiger partial charge in [-0.15, -0.1) is 37.9 Å². The number of cyclic esters (lactones) is 1. The minimum atomic E-state index is -1.28. The summed E-state index contributed by atoms with van der Waals surface area (Å²) in [4.78, 5) is 71.1. The van der Waals surface area contributed by atoms with Crippen LogP contribution in [0.25, 0.3) is 0 Å². The molecule has 0 radical (unpaired) electrons. The van der Waals surface area contributed by atoms with Crippen molar-refractivity contribution in [2.75, 3.05) is 158 Å². The quantitative estimate of drug-likeness (QED) is 0.00285. The Hall–Kier alpha value is -7.14. The Morgan fingerprint density at radius 2 is 0.757 bits per heavy atom. The maximum Gasteiger partial charge on any atom is 1.00 e. The summed E-state index contributed by atoms with van der Waals surface area (Å²) in [7, 11) is 8.66. The number of piperazine rings is 4. The third kappa shape index (κ3) is 46.3. The number of aliphatic hydroxyl groups is 3. The van der Waals surface area contributed by atoms with Crippen LogP contribution in [0, 0.1) is 23.3 Å². The van der Waals surface area contributed by atoms with Crippen LogP contribution >= 0.6 is 11.6 Å². The second-order valence-electron chi connectivity index (χ2n) is 41.3. The fourth-order valence-corrected chi connectivity index (χ4v) is 17.8. The molecule has 802 valence electrons. The van der Waals surface area contributed by atoms with Crippen LogP contribution in [0.15, 0.2) is 245 Å². The summed E-state index contributed by atoms with van der Waals surface area (Å²) >= 11 is 5.63. The summed E-state index contributed by atoms with van der Waals surface area (Å²) in [5, 5.41) is 36.4. The third-order valence-corrected chi connectivity index (χ3v) is 26.3. The van der Waals surface area contributed by atoms with Gasteiger partial charge in [0.2, 0.25) is 0 Å². The predicted molar refractivity (Wildman–Crippen MR) is 572 cm³/mol. The van der Waals surface area contributed by atoms with Gasteiger partial charge in [-0.3, -0.25) is 19.6 Å². The number of rotatable bonds is 35. The van der Waals surface area contributed by atoms with Crippen LogP contribution in [0.1, 0.15) is 182 Å². The Kier molecular flexibility index (Phi) is 58.1. The van der Waals surface area contributed by atoms with Crippen LogP contribution in [0.4, 0.5) is 36.7 Å². The van der Waals surface area contributed by atoms with Crippen LogP contribution in [-0.2, 0) is 98.4 Å². The molecule has 0 spiro atoms. The number of carbonyl (C=O) groups excluding carboxylic acids is 4. The standard InChI is InChI=1S/C30H42FN3O3.C26H32FN3O2.C25H34FN3O.C13H21N3.C12H14ClFO.C10H18O5.HI.K.Na.H/c1-6-15-30(36,26-11-13-27(31)14-12-26)16-17-34(28(35)37-29(2,3)4)23-25-10-8-7-9-24(25)22-33-20-18-32(5)19-21-33;1-3-12-26(23-8-10-24(27)11-9-23)13-14-30(25(31)32-26)20-22-7-5-4-6-21(22)19-29-17-15-28(2)16-18-29;1-3-12-25(30,23-8-10-24(26)11-9-23)13-14-27-19-21-6-4-5-7-22(21)20-29-17-15-28(2)16-18-29;1-15-6-8-16(9-7-15)11-13-5-3-2-4-12(13)10-14;1-2-7-12(15,8-9-13)10-3-5-11(14)6-4-10;1-9(2,3)14-7(11)13-8(12)15-10(4,5)6;;;;/h6-14,36H,1,15-23H2,2-5H3;3-11H,1,12-20H2,2H3;3-11,27,30H,1,12-20H2,2H3;2-5H,6-11,14H2,1H3;2-6,15H,1,7-9H2;1-6H3;1H;;;/q;;;;;;;2*+1;-1/p-1/t;26-;;;;;;;;/m.1......../s1. The number of nitrogens with zero attached hydrogens (tertiary/aromatic N) is 10. The monoisotopic (exact) mass is 2220 g/mol. The zero-order chi connectivity index (χ0) is 106. The number of likely N-dealkylation sites (N-methyl/N-ethyl adjacent to an activating group) is 4. The SMILES string of the molecule is C=CCC(O)(CCCl)c1ccc(F)cc1.C=CCC(O)(CCN(Cc1ccccc1CN1CCN(C)CC1)C(=O)OC(C)(C)C)c1ccc(F)cc1.C=CCC(O)(CCNCc1ccccc1CN1CCN(C)CC1)c1ccc(F)cc1.C=CC[C@]1(c2ccc(F)cc2)CCN(Cc2ccccc2CN2CCN(C)CC2)C(=O)O1.CC(C)(C)OC(=O)OC(=O)OC(C)(C)C.CN1CCN(Cc2ccccc2CN)CC1.[H-].[I-].[K+].[Na+]. The van der Waals surface area contributed by atoms with Gasteiger partial charge < -0.3 is 105 Å². The van der Waals surface area contributed by atoms with Crippen molar-refractivity contribution >= 4 is 36.1 Å². The zero-order valence-corrected chi connectivity index (χ0v) is 98.4. The number of halogens is 6. The van der Waals surface area contributed by atoms with Crippen LogP contribution in [-0.4, -0.2) is 264 Å². The Labute approximate surface area is 967 Å². The molecule has 4 atom stereocenters. The van der Waals surface area contributed by atoms with Gasteiger partial charge in [-0.2, -0.15) is 0 Å². The topological polar surface area (TPSA) is 246 Å². The molecule has 8 aromatic carbocycles. The van der Waals surface area contributed by atoms with E-state index in [0.29, 0.717) is 88.3 Å². The smallest absolute Gasteiger partial charge is 1.00 e. The number of carbonyl (C=O) groups is 4. The molecule has 0 bridgehead atoms. The van der Waals surface area contributed by atoms with Crippen molar-refractivity contribution in [3.05, 3.63) is 335 Å². The maximum absolute atomic E-state index is 13.5. The molecule has 5 saturated heterocycles. The van der Waals surface area contributed by atoms with E-state index in [1.54, 1.807) is 124 Å². The molecule has 5 aliphatic heterocycles. The number of alkyl halides is 1. The molecule has 148 heavy (non-hydrogen) atoms. The van der Waals surface area contributed by atoms with Crippen molar-refractivity contribution in [2.45, 2.75) is 205 Å². The van der Waals surface area contributed by atoms with E-state index in [0.717, 1.165) is 147 Å². The minimum absolute atomic E-state index is 0. The van der Waals surface area contributed by atoms with E-state index in [2.05, 4.69) is 183 Å². The predicted octanol–water partition coefficient (Wildman–Crippen LogP) is 11.2. The number of ether oxygens (including phenoxy) is 5. The van der Waals surface area contributed by atoms with E-state index < -0.39 is 57.6 Å². The summed E-state index contributed by atoms with van der Waals surface area (Å²) < 4.78 is 78.5. The van der Waals surface area contributed by atoms with Gasteiger partial charge in [0, 0.05) is 189 Å². The number of hydrogen-bond acceptors (Lipinski definition) is 22. The molecule has 8 aromatic rings. The van der Waals surface area contributed by atoms with Crippen LogP contribution in [0.2, 0.25) is 0 Å². The first-order valence-corrected chi connectivity index (χ1v) is 51.0. The molecule has 5 aliphatic rings. The fraction of sp³-hybridized carbons (Fsp3) is 0.483. The van der Waals surface area contributed by atoms with Gasteiger partial charge in [0.1, 0.15) is 45.7 Å². The molecule has 0 aliphatic carbocycles. The summed E-state index contributed by atoms with van der Waals surface area (Å²) in [5.41, 5.74) is 12.3. The second-order valence-corrected chi connectivity index (χ2v) is 41.7. The molecule has 6 N–H and O–H groups in total. The first kappa shape index (κ1) is 131. The van der Waals surface area contributed by atoms with E-state index in [1.807, 2.05) is 39.0 Å². The van der Waals surface area contributed by atoms with Crippen molar-refractivity contribution < 1.29 is 182 Å². The molecule has 0 aromatic heterocycles. The number of nitrogens with two attached hydrogens (primary N) is 1. The molecular weight excluding hydrogens is 2050 g/mol. The number of nitrogens with one attached hydrogen (secondary N) is 1. The summed E-state index contributed by atoms with van der Waals surface area (Å²) in [6.45, 7) is 55.5.